The Morgan fingerprint density at radius 2 is 1.84 bits per heavy atom. The largest absolute Gasteiger partial charge is 0.352 e. The first kappa shape index (κ1) is 24.4. The Morgan fingerprint density at radius 3 is 2.59 bits per heavy atom. The first-order valence-corrected chi connectivity index (χ1v) is 11.7. The van der Waals surface area contributed by atoms with Crippen molar-refractivity contribution in [3.8, 4) is 0 Å². The van der Waals surface area contributed by atoms with Gasteiger partial charge in [0.2, 0.25) is 5.91 Å². The van der Waals surface area contributed by atoms with Crippen molar-refractivity contribution in [2.45, 2.75) is 18.5 Å². The van der Waals surface area contributed by atoms with Crippen molar-refractivity contribution in [2.75, 3.05) is 17.6 Å². The molecule has 0 bridgehead atoms. The van der Waals surface area contributed by atoms with Gasteiger partial charge >= 0.3 is 0 Å². The monoisotopic (exact) mass is 511 g/mol. The van der Waals surface area contributed by atoms with E-state index in [0.29, 0.717) is 50.3 Å². The molecule has 2 aromatic carbocycles. The van der Waals surface area contributed by atoms with E-state index < -0.39 is 0 Å². The predicted molar refractivity (Wildman–Crippen MR) is 129 cm³/mol. The van der Waals surface area contributed by atoms with Gasteiger partial charge in [0.05, 0.1) is 15.8 Å². The van der Waals surface area contributed by atoms with Gasteiger partial charge in [-0.25, -0.2) is 0 Å². The molecule has 0 unspecified atom stereocenters. The van der Waals surface area contributed by atoms with Gasteiger partial charge in [-0.15, -0.1) is 10.2 Å². The van der Waals surface area contributed by atoms with Crippen LogP contribution in [0.5, 0.6) is 0 Å². The maximum atomic E-state index is 12.3. The minimum absolute atomic E-state index is 0.168. The number of anilines is 1. The molecule has 7 nitrogen and oxygen atoms in total. The van der Waals surface area contributed by atoms with Gasteiger partial charge < -0.3 is 15.2 Å². The van der Waals surface area contributed by atoms with Crippen LogP contribution in [-0.2, 0) is 18.3 Å². The molecule has 11 heteroatoms. The number of rotatable bonds is 8. The number of nitrogens with one attached hydrogen (secondary N) is 2. The van der Waals surface area contributed by atoms with Gasteiger partial charge in [0.1, 0.15) is 5.82 Å². The van der Waals surface area contributed by atoms with Crippen molar-refractivity contribution < 1.29 is 9.59 Å². The van der Waals surface area contributed by atoms with E-state index >= 15 is 0 Å². The highest BCUT2D eigenvalue weighted by atomic mass is 35.5. The number of hydrogen-bond acceptors (Lipinski definition) is 5. The number of nitrogens with zero attached hydrogens (tertiary/aromatic N) is 3. The van der Waals surface area contributed by atoms with Crippen LogP contribution in [0.15, 0.2) is 41.6 Å². The second kappa shape index (κ2) is 11.0. The topological polar surface area (TPSA) is 88.9 Å². The molecule has 2 N–H and O–H groups in total. The van der Waals surface area contributed by atoms with E-state index in [1.165, 1.54) is 17.8 Å². The van der Waals surface area contributed by atoms with Crippen LogP contribution >= 0.6 is 46.6 Å². The molecule has 32 heavy (non-hydrogen) atoms. The smallest absolute Gasteiger partial charge is 0.251 e. The molecule has 0 aliphatic heterocycles. The maximum absolute atomic E-state index is 12.3. The van der Waals surface area contributed by atoms with Crippen molar-refractivity contribution >= 4 is 64.1 Å². The number of aromatic nitrogens is 3. The lowest BCUT2D eigenvalue weighted by Crippen LogP contribution is -2.26. The Morgan fingerprint density at radius 1 is 1.06 bits per heavy atom. The van der Waals surface area contributed by atoms with Crippen LogP contribution in [-0.4, -0.2) is 38.9 Å². The fraction of sp³-hybridized carbons (Fsp3) is 0.238. The average Bonchev–Trinajstić information content (AvgIpc) is 3.10. The molecule has 0 spiro atoms. The number of carbonyl (C=O) groups excluding carboxylic acids is 2. The number of benzene rings is 2. The van der Waals surface area contributed by atoms with Crippen LogP contribution in [0.25, 0.3) is 0 Å². The molecule has 0 radical (unpaired) electrons. The number of halogens is 3. The van der Waals surface area contributed by atoms with Gasteiger partial charge in [0.25, 0.3) is 5.91 Å². The Hall–Kier alpha value is -2.26. The molecule has 0 fully saturated rings. The van der Waals surface area contributed by atoms with Gasteiger partial charge in [0.15, 0.2) is 5.16 Å². The number of carbonyl (C=O) groups is 2. The summed E-state index contributed by atoms with van der Waals surface area (Å²) >= 11 is 19.1. The van der Waals surface area contributed by atoms with Crippen molar-refractivity contribution in [2.24, 2.45) is 7.05 Å². The van der Waals surface area contributed by atoms with E-state index in [9.17, 15) is 9.59 Å². The van der Waals surface area contributed by atoms with Crippen LogP contribution in [0.3, 0.4) is 0 Å². The van der Waals surface area contributed by atoms with Crippen LogP contribution < -0.4 is 10.6 Å². The summed E-state index contributed by atoms with van der Waals surface area (Å²) in [6, 6.07) is 10.0. The van der Waals surface area contributed by atoms with E-state index in [2.05, 4.69) is 20.8 Å². The Bertz CT molecular complexity index is 1150. The summed E-state index contributed by atoms with van der Waals surface area (Å²) in [5.41, 5.74) is 2.03. The van der Waals surface area contributed by atoms with E-state index in [1.54, 1.807) is 28.8 Å². The molecule has 1 heterocycles. The van der Waals surface area contributed by atoms with Gasteiger partial charge in [-0.1, -0.05) is 52.6 Å². The predicted octanol–water partition coefficient (Wildman–Crippen LogP) is 4.79. The van der Waals surface area contributed by atoms with Crippen LogP contribution in [0.4, 0.5) is 5.69 Å². The van der Waals surface area contributed by atoms with E-state index in [1.807, 2.05) is 20.0 Å². The van der Waals surface area contributed by atoms with Gasteiger partial charge in [-0.2, -0.15) is 0 Å². The number of aryl methyl sites for hydroxylation is 1. The van der Waals surface area contributed by atoms with Gasteiger partial charge in [-0.05, 0) is 42.8 Å². The van der Waals surface area contributed by atoms with Crippen LogP contribution in [0, 0.1) is 6.92 Å². The third-order valence-corrected chi connectivity index (χ3v) is 6.54. The second-order valence-corrected chi connectivity index (χ2v) is 9.08. The lowest BCUT2D eigenvalue weighted by Gasteiger charge is -2.09. The quantitative estimate of drug-likeness (QED) is 0.424. The summed E-state index contributed by atoms with van der Waals surface area (Å²) in [4.78, 5) is 24.5. The molecule has 1 aromatic heterocycles. The Balaban J connectivity index is 1.49. The van der Waals surface area contributed by atoms with Crippen molar-refractivity contribution in [3.63, 3.8) is 0 Å². The third kappa shape index (κ3) is 6.38. The lowest BCUT2D eigenvalue weighted by atomic mass is 10.2. The zero-order valence-electron chi connectivity index (χ0n) is 17.3. The highest BCUT2D eigenvalue weighted by Crippen LogP contribution is 2.23. The summed E-state index contributed by atoms with van der Waals surface area (Å²) in [6.07, 6.45) is 0.477. The fourth-order valence-electron chi connectivity index (χ4n) is 2.76. The summed E-state index contributed by atoms with van der Waals surface area (Å²) in [7, 11) is 1.82. The maximum Gasteiger partial charge on any atom is 0.251 e. The summed E-state index contributed by atoms with van der Waals surface area (Å²) in [6.45, 7) is 2.26. The van der Waals surface area contributed by atoms with E-state index in [0.717, 1.165) is 5.56 Å². The van der Waals surface area contributed by atoms with Crippen molar-refractivity contribution in [1.29, 1.82) is 0 Å². The molecule has 0 saturated heterocycles. The van der Waals surface area contributed by atoms with Gasteiger partial charge in [-0.3, -0.25) is 9.59 Å². The van der Waals surface area contributed by atoms with E-state index in [-0.39, 0.29) is 17.6 Å². The molecular formula is C21H20Cl3N5O2S. The number of amides is 2. The van der Waals surface area contributed by atoms with Crippen LogP contribution in [0.2, 0.25) is 15.1 Å². The zero-order chi connectivity index (χ0) is 23.3. The molecular weight excluding hydrogens is 493 g/mol. The van der Waals surface area contributed by atoms with E-state index in [4.69, 9.17) is 34.8 Å². The number of hydrogen-bond donors (Lipinski definition) is 2. The normalized spacial score (nSPS) is 10.8. The fourth-order valence-corrected chi connectivity index (χ4v) is 3.96. The minimum Gasteiger partial charge on any atom is -0.352 e. The molecule has 0 atom stereocenters. The Kier molecular flexibility index (Phi) is 8.42. The highest BCUT2D eigenvalue weighted by Gasteiger charge is 2.13. The molecule has 3 rings (SSSR count). The lowest BCUT2D eigenvalue weighted by molar-refractivity contribution is -0.113. The molecule has 0 aliphatic rings. The van der Waals surface area contributed by atoms with Crippen LogP contribution in [0.1, 0.15) is 21.7 Å². The first-order chi connectivity index (χ1) is 15.2. The van der Waals surface area contributed by atoms with Crippen molar-refractivity contribution in [1.82, 2.24) is 20.1 Å². The standard InChI is InChI=1S/C21H20Cl3N5O2S/c1-12-3-5-14(22)10-17(12)26-19(30)11-32-21-28-27-18(29(21)2)7-8-25-20(31)13-4-6-15(23)16(24)9-13/h3-6,9-10H,7-8,11H2,1-2H3,(H,25,31)(H,26,30). The minimum atomic E-state index is -0.256. The third-order valence-electron chi connectivity index (χ3n) is 4.55. The second-order valence-electron chi connectivity index (χ2n) is 6.89. The SMILES string of the molecule is Cc1ccc(Cl)cc1NC(=O)CSc1nnc(CCNC(=O)c2ccc(Cl)c(Cl)c2)n1C. The highest BCUT2D eigenvalue weighted by molar-refractivity contribution is 7.99. The summed E-state index contributed by atoms with van der Waals surface area (Å²) in [5, 5.41) is 15.8. The first-order valence-electron chi connectivity index (χ1n) is 9.55. The van der Waals surface area contributed by atoms with Crippen molar-refractivity contribution in [3.05, 3.63) is 68.4 Å². The Labute approximate surface area is 204 Å². The summed E-state index contributed by atoms with van der Waals surface area (Å²) in [5.74, 6) is 0.437. The van der Waals surface area contributed by atoms with Gasteiger partial charge in [0, 0.05) is 36.3 Å². The average molecular weight is 513 g/mol. The number of thioether (sulfide) groups is 1. The molecule has 2 amide bonds. The molecule has 0 saturated carbocycles. The summed E-state index contributed by atoms with van der Waals surface area (Å²) < 4.78 is 1.80. The molecule has 168 valence electrons. The molecule has 0 aliphatic carbocycles. The molecule has 3 aromatic rings. The zero-order valence-corrected chi connectivity index (χ0v) is 20.4.